The van der Waals surface area contributed by atoms with E-state index in [9.17, 15) is 4.79 Å². The van der Waals surface area contributed by atoms with Crippen LogP contribution in [0.25, 0.3) is 0 Å². The molecule has 2 atom stereocenters. The highest BCUT2D eigenvalue weighted by molar-refractivity contribution is 5.97. The molecule has 0 aromatic heterocycles. The third-order valence-electron chi connectivity index (χ3n) is 3.40. The highest BCUT2D eigenvalue weighted by Crippen LogP contribution is 2.22. The van der Waals surface area contributed by atoms with Crippen molar-refractivity contribution in [3.63, 3.8) is 0 Å². The summed E-state index contributed by atoms with van der Waals surface area (Å²) in [6, 6.07) is 7.79. The lowest BCUT2D eigenvalue weighted by Gasteiger charge is -2.39. The largest absolute Gasteiger partial charge is 0.496 e. The molecule has 1 heterocycles. The number of nitrogens with one attached hydrogen (secondary N) is 1. The van der Waals surface area contributed by atoms with Crippen LogP contribution in [0, 0.1) is 0 Å². The third-order valence-corrected chi connectivity index (χ3v) is 3.40. The van der Waals surface area contributed by atoms with E-state index in [1.165, 1.54) is 0 Å². The monoisotopic (exact) mass is 248 g/mol. The van der Waals surface area contributed by atoms with Crippen LogP contribution in [0.15, 0.2) is 24.3 Å². The fourth-order valence-corrected chi connectivity index (χ4v) is 2.49. The maximum atomic E-state index is 12.6. The van der Waals surface area contributed by atoms with Crippen LogP contribution in [-0.4, -0.2) is 43.1 Å². The highest BCUT2D eigenvalue weighted by atomic mass is 16.5. The van der Waals surface area contributed by atoms with Gasteiger partial charge in [-0.25, -0.2) is 0 Å². The van der Waals surface area contributed by atoms with Gasteiger partial charge in [0.1, 0.15) is 5.75 Å². The van der Waals surface area contributed by atoms with Gasteiger partial charge in [0, 0.05) is 25.2 Å². The molecule has 1 fully saturated rings. The average Bonchev–Trinajstić information content (AvgIpc) is 2.38. The lowest BCUT2D eigenvalue weighted by Crippen LogP contribution is -2.57. The van der Waals surface area contributed by atoms with Crippen LogP contribution in [0.1, 0.15) is 24.2 Å². The van der Waals surface area contributed by atoms with Gasteiger partial charge in [0.25, 0.3) is 5.91 Å². The van der Waals surface area contributed by atoms with Crippen molar-refractivity contribution in [2.45, 2.75) is 25.9 Å². The molecule has 1 aliphatic heterocycles. The standard InChI is InChI=1S/C14H20N2O2/c1-10-8-15-9-11(2)16(10)14(17)12-6-4-5-7-13(12)18-3/h4-7,10-11,15H,8-9H2,1-3H3. The number of carbonyl (C=O) groups excluding carboxylic acids is 1. The first-order valence-corrected chi connectivity index (χ1v) is 6.31. The lowest BCUT2D eigenvalue weighted by molar-refractivity contribution is 0.0541. The molecule has 2 rings (SSSR count). The summed E-state index contributed by atoms with van der Waals surface area (Å²) in [5.41, 5.74) is 0.639. The molecule has 1 aromatic carbocycles. The Balaban J connectivity index is 2.29. The van der Waals surface area contributed by atoms with Crippen molar-refractivity contribution in [3.05, 3.63) is 29.8 Å². The maximum absolute atomic E-state index is 12.6. The highest BCUT2D eigenvalue weighted by Gasteiger charge is 2.30. The van der Waals surface area contributed by atoms with E-state index in [2.05, 4.69) is 19.2 Å². The number of hydrogen-bond donors (Lipinski definition) is 1. The van der Waals surface area contributed by atoms with Gasteiger partial charge in [-0.3, -0.25) is 4.79 Å². The number of carbonyl (C=O) groups is 1. The number of ether oxygens (including phenoxy) is 1. The normalized spacial score (nSPS) is 23.8. The SMILES string of the molecule is COc1ccccc1C(=O)N1C(C)CNCC1C. The Morgan fingerprint density at radius 3 is 2.50 bits per heavy atom. The molecular formula is C14H20N2O2. The smallest absolute Gasteiger partial charge is 0.258 e. The number of para-hydroxylation sites is 1. The average molecular weight is 248 g/mol. The molecule has 0 bridgehead atoms. The van der Waals surface area contributed by atoms with E-state index in [1.807, 2.05) is 29.2 Å². The first-order valence-electron chi connectivity index (χ1n) is 6.31. The van der Waals surface area contributed by atoms with Crippen molar-refractivity contribution in [2.75, 3.05) is 20.2 Å². The quantitative estimate of drug-likeness (QED) is 0.862. The minimum atomic E-state index is 0.0500. The molecule has 0 spiro atoms. The van der Waals surface area contributed by atoms with Crippen molar-refractivity contribution in [2.24, 2.45) is 0 Å². The van der Waals surface area contributed by atoms with Gasteiger partial charge in [-0.2, -0.15) is 0 Å². The van der Waals surface area contributed by atoms with Gasteiger partial charge in [0.15, 0.2) is 0 Å². The van der Waals surface area contributed by atoms with Gasteiger partial charge in [-0.15, -0.1) is 0 Å². The number of methoxy groups -OCH3 is 1. The molecule has 1 N–H and O–H groups in total. The Labute approximate surface area is 108 Å². The third kappa shape index (κ3) is 2.34. The van der Waals surface area contributed by atoms with E-state index in [-0.39, 0.29) is 18.0 Å². The van der Waals surface area contributed by atoms with Crippen LogP contribution < -0.4 is 10.1 Å². The second kappa shape index (κ2) is 5.40. The number of nitrogens with zero attached hydrogens (tertiary/aromatic N) is 1. The van der Waals surface area contributed by atoms with Crippen LogP contribution in [0.5, 0.6) is 5.75 Å². The maximum Gasteiger partial charge on any atom is 0.258 e. The fourth-order valence-electron chi connectivity index (χ4n) is 2.49. The molecule has 4 heteroatoms. The number of benzene rings is 1. The van der Waals surface area contributed by atoms with Crippen LogP contribution in [0.3, 0.4) is 0 Å². The van der Waals surface area contributed by atoms with Crippen molar-refractivity contribution in [1.82, 2.24) is 10.2 Å². The van der Waals surface area contributed by atoms with E-state index < -0.39 is 0 Å². The molecule has 2 unspecified atom stereocenters. The lowest BCUT2D eigenvalue weighted by atomic mass is 10.1. The van der Waals surface area contributed by atoms with Crippen LogP contribution in [0.2, 0.25) is 0 Å². The molecule has 0 aliphatic carbocycles. The topological polar surface area (TPSA) is 41.6 Å². The van der Waals surface area contributed by atoms with Crippen molar-refractivity contribution in [1.29, 1.82) is 0 Å². The summed E-state index contributed by atoms with van der Waals surface area (Å²) < 4.78 is 5.26. The Bertz CT molecular complexity index is 424. The predicted octanol–water partition coefficient (Wildman–Crippen LogP) is 1.52. The van der Waals surface area contributed by atoms with E-state index in [0.717, 1.165) is 13.1 Å². The molecule has 1 aliphatic rings. The van der Waals surface area contributed by atoms with Crippen molar-refractivity contribution < 1.29 is 9.53 Å². The van der Waals surface area contributed by atoms with E-state index in [0.29, 0.717) is 11.3 Å². The van der Waals surface area contributed by atoms with E-state index in [1.54, 1.807) is 7.11 Å². The summed E-state index contributed by atoms with van der Waals surface area (Å²) in [5.74, 6) is 0.689. The fraction of sp³-hybridized carbons (Fsp3) is 0.500. The van der Waals surface area contributed by atoms with E-state index >= 15 is 0 Å². The Hall–Kier alpha value is -1.55. The summed E-state index contributed by atoms with van der Waals surface area (Å²) in [5, 5.41) is 3.32. The molecular weight excluding hydrogens is 228 g/mol. The molecule has 98 valence electrons. The summed E-state index contributed by atoms with van der Waals surface area (Å²) in [6.07, 6.45) is 0. The van der Waals surface area contributed by atoms with Crippen LogP contribution in [0.4, 0.5) is 0 Å². The van der Waals surface area contributed by atoms with Gasteiger partial charge in [-0.05, 0) is 26.0 Å². The first kappa shape index (κ1) is 12.9. The second-order valence-corrected chi connectivity index (χ2v) is 4.77. The second-order valence-electron chi connectivity index (χ2n) is 4.77. The molecule has 18 heavy (non-hydrogen) atoms. The molecule has 4 nitrogen and oxygen atoms in total. The van der Waals surface area contributed by atoms with Crippen LogP contribution in [-0.2, 0) is 0 Å². The predicted molar refractivity (Wildman–Crippen MR) is 71.0 cm³/mol. The number of rotatable bonds is 2. The minimum absolute atomic E-state index is 0.0500. The zero-order chi connectivity index (χ0) is 13.1. The van der Waals surface area contributed by atoms with Gasteiger partial charge in [0.2, 0.25) is 0 Å². The van der Waals surface area contributed by atoms with E-state index in [4.69, 9.17) is 4.74 Å². The van der Waals surface area contributed by atoms with Crippen molar-refractivity contribution >= 4 is 5.91 Å². The summed E-state index contributed by atoms with van der Waals surface area (Å²) in [4.78, 5) is 14.6. The van der Waals surface area contributed by atoms with Gasteiger partial charge >= 0.3 is 0 Å². The summed E-state index contributed by atoms with van der Waals surface area (Å²) >= 11 is 0. The van der Waals surface area contributed by atoms with Gasteiger partial charge in [-0.1, -0.05) is 12.1 Å². The van der Waals surface area contributed by atoms with Gasteiger partial charge < -0.3 is 15.0 Å². The number of piperazine rings is 1. The first-order chi connectivity index (χ1) is 8.65. The Morgan fingerprint density at radius 2 is 1.89 bits per heavy atom. The number of hydrogen-bond acceptors (Lipinski definition) is 3. The summed E-state index contributed by atoms with van der Waals surface area (Å²) in [6.45, 7) is 5.81. The molecule has 1 aromatic rings. The van der Waals surface area contributed by atoms with Crippen LogP contribution >= 0.6 is 0 Å². The molecule has 1 saturated heterocycles. The molecule has 1 amide bonds. The molecule has 0 saturated carbocycles. The number of amides is 1. The zero-order valence-electron chi connectivity index (χ0n) is 11.1. The molecule has 0 radical (unpaired) electrons. The minimum Gasteiger partial charge on any atom is -0.496 e. The van der Waals surface area contributed by atoms with Gasteiger partial charge in [0.05, 0.1) is 12.7 Å². The van der Waals surface area contributed by atoms with Crippen molar-refractivity contribution in [3.8, 4) is 5.75 Å². The Morgan fingerprint density at radius 1 is 1.28 bits per heavy atom. The summed E-state index contributed by atoms with van der Waals surface area (Å²) in [7, 11) is 1.59. The zero-order valence-corrected chi connectivity index (χ0v) is 11.1. The Kier molecular flexibility index (Phi) is 3.87.